The Bertz CT molecular complexity index is 606. The lowest BCUT2D eigenvalue weighted by molar-refractivity contribution is -0.386. The van der Waals surface area contributed by atoms with Crippen molar-refractivity contribution in [2.75, 3.05) is 27.3 Å². The van der Waals surface area contributed by atoms with E-state index in [-0.39, 0.29) is 22.6 Å². The molecule has 0 aliphatic carbocycles. The van der Waals surface area contributed by atoms with Crippen LogP contribution in [0.4, 0.5) is 5.69 Å². The van der Waals surface area contributed by atoms with Crippen molar-refractivity contribution in [3.63, 3.8) is 0 Å². The second-order valence-electron chi connectivity index (χ2n) is 4.89. The van der Waals surface area contributed by atoms with Crippen LogP contribution in [0, 0.1) is 10.1 Å². The summed E-state index contributed by atoms with van der Waals surface area (Å²) in [6.45, 7) is 1.64. The van der Waals surface area contributed by atoms with Crippen molar-refractivity contribution in [3.8, 4) is 5.75 Å². The third-order valence-corrected chi connectivity index (χ3v) is 3.55. The van der Waals surface area contributed by atoms with Crippen LogP contribution in [0.3, 0.4) is 0 Å². The van der Waals surface area contributed by atoms with E-state index in [0.717, 1.165) is 25.9 Å². The number of hydrogen-bond donors (Lipinski definition) is 0. The molecule has 22 heavy (non-hydrogen) atoms. The maximum absolute atomic E-state index is 12.1. The van der Waals surface area contributed by atoms with Gasteiger partial charge in [0.15, 0.2) is 5.75 Å². The van der Waals surface area contributed by atoms with Gasteiger partial charge in [-0.1, -0.05) is 6.07 Å². The number of para-hydroxylation sites is 1. The number of nitrogens with zero attached hydrogens (tertiary/aromatic N) is 2. The Balaban J connectivity index is 2.56. The van der Waals surface area contributed by atoms with Gasteiger partial charge >= 0.3 is 11.7 Å². The van der Waals surface area contributed by atoms with Gasteiger partial charge in [-0.15, -0.1) is 0 Å². The minimum Gasteiger partial charge on any atom is -0.490 e. The second-order valence-corrected chi connectivity index (χ2v) is 4.89. The van der Waals surface area contributed by atoms with Crippen LogP contribution in [-0.2, 0) is 9.53 Å². The molecule has 7 heteroatoms. The average molecular weight is 306 g/mol. The Morgan fingerprint density at radius 3 is 2.55 bits per heavy atom. The van der Waals surface area contributed by atoms with E-state index in [9.17, 15) is 14.9 Å². The van der Waals surface area contributed by atoms with Gasteiger partial charge in [-0.25, -0.2) is 4.79 Å². The van der Waals surface area contributed by atoms with Crippen LogP contribution in [0.25, 0.3) is 5.57 Å². The molecule has 1 fully saturated rings. The van der Waals surface area contributed by atoms with Crippen LogP contribution >= 0.6 is 0 Å². The predicted octanol–water partition coefficient (Wildman–Crippen LogP) is 2.21. The molecule has 0 radical (unpaired) electrons. The van der Waals surface area contributed by atoms with Crippen LogP contribution in [0.2, 0.25) is 0 Å². The number of nitro groups is 1. The third kappa shape index (κ3) is 3.19. The topological polar surface area (TPSA) is 81.9 Å². The largest absolute Gasteiger partial charge is 0.490 e. The third-order valence-electron chi connectivity index (χ3n) is 3.55. The minimum atomic E-state index is -0.608. The zero-order valence-corrected chi connectivity index (χ0v) is 12.6. The molecule has 1 aromatic carbocycles. The molecule has 1 aliphatic heterocycles. The lowest BCUT2D eigenvalue weighted by Gasteiger charge is -2.15. The first kappa shape index (κ1) is 15.8. The van der Waals surface area contributed by atoms with Gasteiger partial charge in [0.05, 0.1) is 30.3 Å². The van der Waals surface area contributed by atoms with Gasteiger partial charge in [-0.2, -0.15) is 0 Å². The number of carbonyl (C=O) groups excluding carboxylic acids is 1. The SMILES string of the molecule is COC(=O)/C(=C/N1CCCC1)c1cccc(OC)c1[N+](=O)[O-]. The van der Waals surface area contributed by atoms with E-state index in [1.54, 1.807) is 12.3 Å². The lowest BCUT2D eigenvalue weighted by atomic mass is 10.0. The molecule has 0 aromatic heterocycles. The van der Waals surface area contributed by atoms with E-state index in [4.69, 9.17) is 9.47 Å². The highest BCUT2D eigenvalue weighted by Gasteiger charge is 2.27. The standard InChI is InChI=1S/C15H18N2O5/c1-21-13-7-5-6-11(14(13)17(19)20)12(15(18)22-2)10-16-8-3-4-9-16/h5-7,10H,3-4,8-9H2,1-2H3/b12-10+. The van der Waals surface area contributed by atoms with Crippen molar-refractivity contribution < 1.29 is 19.2 Å². The maximum Gasteiger partial charge on any atom is 0.340 e. The minimum absolute atomic E-state index is 0.110. The highest BCUT2D eigenvalue weighted by atomic mass is 16.6. The van der Waals surface area contributed by atoms with Crippen molar-refractivity contribution in [2.24, 2.45) is 0 Å². The molecule has 0 atom stereocenters. The molecular formula is C15H18N2O5. The van der Waals surface area contributed by atoms with E-state index in [1.165, 1.54) is 26.4 Å². The highest BCUT2D eigenvalue weighted by Crippen LogP contribution is 2.35. The number of methoxy groups -OCH3 is 2. The summed E-state index contributed by atoms with van der Waals surface area (Å²) in [5.74, 6) is -0.498. The molecule has 1 aromatic rings. The zero-order chi connectivity index (χ0) is 16.1. The molecule has 7 nitrogen and oxygen atoms in total. The first-order chi connectivity index (χ1) is 10.6. The summed E-state index contributed by atoms with van der Waals surface area (Å²) in [4.78, 5) is 24.9. The van der Waals surface area contributed by atoms with Crippen LogP contribution in [0.5, 0.6) is 5.75 Å². The fourth-order valence-electron chi connectivity index (χ4n) is 2.49. The quantitative estimate of drug-likeness (QED) is 0.359. The first-order valence-corrected chi connectivity index (χ1v) is 6.94. The summed E-state index contributed by atoms with van der Waals surface area (Å²) in [6, 6.07) is 4.63. The zero-order valence-electron chi connectivity index (χ0n) is 12.6. The van der Waals surface area contributed by atoms with Crippen LogP contribution in [-0.4, -0.2) is 43.1 Å². The highest BCUT2D eigenvalue weighted by molar-refractivity contribution is 6.17. The van der Waals surface area contributed by atoms with Crippen LogP contribution in [0.15, 0.2) is 24.4 Å². The Hall–Kier alpha value is -2.57. The molecule has 0 spiro atoms. The smallest absolute Gasteiger partial charge is 0.340 e. The fourth-order valence-corrected chi connectivity index (χ4v) is 2.49. The first-order valence-electron chi connectivity index (χ1n) is 6.94. The van der Waals surface area contributed by atoms with Gasteiger partial charge in [0.1, 0.15) is 0 Å². The molecule has 0 unspecified atom stereocenters. The number of likely N-dealkylation sites (tertiary alicyclic amines) is 1. The normalized spacial score (nSPS) is 14.8. The molecule has 0 bridgehead atoms. The monoisotopic (exact) mass is 306 g/mol. The van der Waals surface area contributed by atoms with Crippen molar-refractivity contribution in [2.45, 2.75) is 12.8 Å². The summed E-state index contributed by atoms with van der Waals surface area (Å²) in [5.41, 5.74) is 0.124. The van der Waals surface area contributed by atoms with Crippen molar-refractivity contribution in [3.05, 3.63) is 40.1 Å². The Labute approximate surface area is 128 Å². The Morgan fingerprint density at radius 1 is 1.32 bits per heavy atom. The molecule has 118 valence electrons. The van der Waals surface area contributed by atoms with Gasteiger partial charge < -0.3 is 14.4 Å². The van der Waals surface area contributed by atoms with Crippen molar-refractivity contribution in [1.29, 1.82) is 0 Å². The van der Waals surface area contributed by atoms with Crippen molar-refractivity contribution >= 4 is 17.2 Å². The molecule has 2 rings (SSSR count). The fraction of sp³-hybridized carbons (Fsp3) is 0.400. The maximum atomic E-state index is 12.1. The summed E-state index contributed by atoms with van der Waals surface area (Å²) >= 11 is 0. The van der Waals surface area contributed by atoms with Gasteiger partial charge in [0, 0.05) is 19.3 Å². The van der Waals surface area contributed by atoms with Gasteiger partial charge in [-0.3, -0.25) is 10.1 Å². The number of rotatable bonds is 5. The molecule has 0 N–H and O–H groups in total. The van der Waals surface area contributed by atoms with Crippen molar-refractivity contribution in [1.82, 2.24) is 4.90 Å². The van der Waals surface area contributed by atoms with Gasteiger partial charge in [0.25, 0.3) is 0 Å². The van der Waals surface area contributed by atoms with E-state index in [2.05, 4.69) is 0 Å². The summed E-state index contributed by atoms with van der Waals surface area (Å²) in [5, 5.41) is 11.4. The predicted molar refractivity (Wildman–Crippen MR) is 80.4 cm³/mol. The lowest BCUT2D eigenvalue weighted by Crippen LogP contribution is -2.15. The molecular weight excluding hydrogens is 288 g/mol. The summed E-state index contributed by atoms with van der Waals surface area (Å²) in [6.07, 6.45) is 3.71. The second kappa shape index (κ2) is 6.93. The molecule has 1 aliphatic rings. The number of hydrogen-bond acceptors (Lipinski definition) is 6. The van der Waals surface area contributed by atoms with E-state index >= 15 is 0 Å². The van der Waals surface area contributed by atoms with Crippen LogP contribution in [0.1, 0.15) is 18.4 Å². The van der Waals surface area contributed by atoms with Crippen LogP contribution < -0.4 is 4.74 Å². The summed E-state index contributed by atoms with van der Waals surface area (Å²) < 4.78 is 9.83. The Morgan fingerprint density at radius 2 is 2.00 bits per heavy atom. The summed E-state index contributed by atoms with van der Waals surface area (Å²) in [7, 11) is 2.61. The molecule has 1 heterocycles. The Kier molecular flexibility index (Phi) is 4.98. The average Bonchev–Trinajstić information content (AvgIpc) is 3.04. The number of ether oxygens (including phenoxy) is 2. The van der Waals surface area contributed by atoms with E-state index < -0.39 is 10.9 Å². The molecule has 1 saturated heterocycles. The molecule has 0 amide bonds. The number of nitro benzene ring substituents is 1. The van der Waals surface area contributed by atoms with Gasteiger partial charge in [0.2, 0.25) is 0 Å². The van der Waals surface area contributed by atoms with E-state index in [1.807, 2.05) is 4.90 Å². The number of esters is 1. The van der Waals surface area contributed by atoms with Gasteiger partial charge in [-0.05, 0) is 25.0 Å². The number of benzene rings is 1. The van der Waals surface area contributed by atoms with E-state index in [0.29, 0.717) is 0 Å². The number of carbonyl (C=O) groups is 1. The molecule has 0 saturated carbocycles.